The summed E-state index contributed by atoms with van der Waals surface area (Å²) in [4.78, 5) is 63.9. The van der Waals surface area contributed by atoms with Crippen LogP contribution in [0.25, 0.3) is 0 Å². The quantitative estimate of drug-likeness (QED) is 0.0179. The molecular weight excluding hydrogens is 2310 g/mol. The van der Waals surface area contributed by atoms with Gasteiger partial charge in [0.05, 0.1) is 33.0 Å². The predicted molar refractivity (Wildman–Crippen MR) is 630 cm³/mol. The molecule has 37 nitrogen and oxygen atoms in total. The summed E-state index contributed by atoms with van der Waals surface area (Å²) in [6.45, 7) is 116. The Labute approximate surface area is 903 Å². The SMILES string of the molecule is C.C=C(C)C(=O)OCCCC[Si]1(C)O[Si](C)(CCCOC(=O)C(=C)C)O[Si](C)(O[Si](C)(C)O[Si](C)(C)O[Si](C)(C)O[Si]2(C)O[Si](C)(CCCOC(=O)C(=C)C)O[Si](C)(CCCOC(=O)C(=C)C)O[Si](C)(O[Si](C)(C)O[Si](C)(C)O[Si](C)(C)O[Si](C)(C)O[Si](C)(O[Si](C)(C)O[Si](C)(C)O[Si](C)(C)O[Si](C)(C)O[Si](C)(C)C)O[Si](C)(C)O[Si](C)(C)O[Si](C)(C)O[Si](C)(C)O[Si](C)(C)C)O2)O[Si](C)(CCCOC(=O)C(=C)C)O1. The first-order valence-corrected chi connectivity index (χ1v) is 120. The Kier molecular flexibility index (Phi) is 53.7. The zero-order valence-corrected chi connectivity index (χ0v) is 124. The van der Waals surface area contributed by atoms with Crippen molar-refractivity contribution in [2.75, 3.05) is 33.0 Å². The Hall–Kier alpha value is 0.609. The summed E-state index contributed by atoms with van der Waals surface area (Å²) in [6, 6.07) is 1.65. The Morgan fingerprint density at radius 2 is 0.345 bits per heavy atom. The normalized spacial score (nSPS) is 23.5. The number of hydrogen-bond acceptors (Lipinski definition) is 37. The number of carbonyl (C=O) groups is 5. The maximum absolute atomic E-state index is 13.0. The highest BCUT2D eigenvalue weighted by atomic mass is 28.6. The second kappa shape index (κ2) is 54.2. The van der Waals surface area contributed by atoms with E-state index in [-0.39, 0.29) is 74.8 Å². The van der Waals surface area contributed by atoms with Crippen molar-refractivity contribution in [3.05, 3.63) is 60.8 Å². The first kappa shape index (κ1) is 144. The van der Waals surface area contributed by atoms with Gasteiger partial charge in [-0.05, 0) is 372 Å². The number of hydrogen-bond donors (Lipinski definition) is 0. The largest absolute Gasteiger partial charge is 0.472 e. The average molecular weight is 2500 g/mol. The van der Waals surface area contributed by atoms with Crippen molar-refractivity contribution < 1.29 is 159 Å². The molecular formula is C82H196O37Si26. The summed E-state index contributed by atoms with van der Waals surface area (Å²) < 4.78 is 225. The summed E-state index contributed by atoms with van der Waals surface area (Å²) in [7, 11) is -87.4. The van der Waals surface area contributed by atoms with Gasteiger partial charge in [0.1, 0.15) is 0 Å². The minimum atomic E-state index is -4.34. The molecule has 0 aromatic heterocycles. The van der Waals surface area contributed by atoms with Crippen LogP contribution in [-0.2, 0) is 159 Å². The Morgan fingerprint density at radius 1 is 0.200 bits per heavy atom. The van der Waals surface area contributed by atoms with E-state index < -0.39 is 253 Å². The highest BCUT2D eigenvalue weighted by Gasteiger charge is 2.66. The van der Waals surface area contributed by atoms with Gasteiger partial charge in [0.25, 0.3) is 0 Å². The lowest BCUT2D eigenvalue weighted by atomic mass is 10.3. The molecule has 0 aromatic rings. The Balaban J connectivity index is 0.000105. The van der Waals surface area contributed by atoms with Crippen LogP contribution in [0.1, 0.15) is 80.6 Å². The second-order valence-electron chi connectivity index (χ2n) is 47.5. The number of ether oxygens (including phenoxy) is 5. The van der Waals surface area contributed by atoms with E-state index in [0.717, 1.165) is 0 Å². The van der Waals surface area contributed by atoms with Crippen LogP contribution in [0.2, 0.25) is 325 Å². The van der Waals surface area contributed by atoms with Gasteiger partial charge in [0, 0.05) is 54.1 Å². The van der Waals surface area contributed by atoms with Gasteiger partial charge in [-0.2, -0.15) is 0 Å². The third-order valence-corrected chi connectivity index (χ3v) is 125. The van der Waals surface area contributed by atoms with Gasteiger partial charge < -0.3 is 135 Å². The smallest absolute Gasteiger partial charge is 0.462 e. The third kappa shape index (κ3) is 58.8. The number of unbranched alkanes of at least 4 members (excludes halogenated alkanes) is 1. The summed E-state index contributed by atoms with van der Waals surface area (Å²) in [5.41, 5.74) is 1.28. The summed E-state index contributed by atoms with van der Waals surface area (Å²) >= 11 is 0. The monoisotopic (exact) mass is 2500 g/mol. The van der Waals surface area contributed by atoms with Crippen LogP contribution in [0.15, 0.2) is 60.8 Å². The molecule has 2 fully saturated rings. The Bertz CT molecular complexity index is 4200. The summed E-state index contributed by atoms with van der Waals surface area (Å²) in [5.74, 6) is -2.65. The molecule has 6 atom stereocenters. The molecule has 0 bridgehead atoms. The lowest BCUT2D eigenvalue weighted by Gasteiger charge is -2.51. The lowest BCUT2D eigenvalue weighted by Crippen LogP contribution is -2.72. The van der Waals surface area contributed by atoms with Gasteiger partial charge in [0.15, 0.2) is 16.6 Å². The number of rotatable bonds is 64. The van der Waals surface area contributed by atoms with Gasteiger partial charge >= 0.3 is 236 Å². The molecule has 0 amide bonds. The molecule has 63 heteroatoms. The molecule has 0 saturated carbocycles. The van der Waals surface area contributed by atoms with E-state index in [2.05, 4.69) is 98.4 Å². The average Bonchev–Trinajstić information content (AvgIpc) is 0.754. The van der Waals surface area contributed by atoms with E-state index >= 15 is 0 Å². The fourth-order valence-electron chi connectivity index (χ4n) is 18.7. The van der Waals surface area contributed by atoms with Crippen LogP contribution in [0.5, 0.6) is 0 Å². The summed E-state index contributed by atoms with van der Waals surface area (Å²) in [6.07, 6.45) is 2.36. The maximum Gasteiger partial charge on any atom is 0.472 e. The minimum Gasteiger partial charge on any atom is -0.462 e. The molecule has 2 aliphatic rings. The topological polar surface area (TPSA) is 381 Å². The van der Waals surface area contributed by atoms with E-state index in [0.29, 0.717) is 62.2 Å². The van der Waals surface area contributed by atoms with Crippen molar-refractivity contribution in [3.8, 4) is 0 Å². The van der Waals surface area contributed by atoms with Crippen molar-refractivity contribution in [1.82, 2.24) is 0 Å². The second-order valence-corrected chi connectivity index (χ2v) is 141. The molecule has 0 radical (unpaired) electrons. The molecule has 0 N–H and O–H groups in total. The molecule has 0 spiro atoms. The standard InChI is InChI=1S/C81H192O37Si26.CH4/c1-72(2)77(82)87-62-56-57-67-136(47)111-137(48,68-58-63-88-78(83)73(3)4)114-142(53,115-138(49,112-136)69-59-64-89-79(84)74(5)6)108-133(41,42)103-129(33,34)104-135(45,46)110-144(55)117-140(51,71-61-66-91-81(86)76(9)10)113-139(50,70-60-65-90-80(85)75(7)8)116-143(54,118-144)109-134(43,44)102-128(31,32)98-127(29,30)101-132(39,40)107-141(52,105-130(35,36)99-125(25,26)96-123(21,22)94-121(17,18)92-119(11,12)13)106-131(37,38)100-126(27,28)97-124(23,24)95-122(19,20)93-120(14,15)16;/h1,3,5,7,9,56-71H2,2,4,6,8,10-55H3;1H4. The van der Waals surface area contributed by atoms with Crippen LogP contribution in [0.4, 0.5) is 0 Å². The molecule has 0 aliphatic carbocycles. The number of esters is 5. The molecule has 6 unspecified atom stereocenters. The lowest BCUT2D eigenvalue weighted by molar-refractivity contribution is -0.139. The van der Waals surface area contributed by atoms with Crippen molar-refractivity contribution >= 4 is 253 Å². The van der Waals surface area contributed by atoms with Gasteiger partial charge in [-0.25, -0.2) is 24.0 Å². The van der Waals surface area contributed by atoms with Crippen molar-refractivity contribution in [3.63, 3.8) is 0 Å². The van der Waals surface area contributed by atoms with Crippen LogP contribution < -0.4 is 0 Å². The zero-order chi connectivity index (χ0) is 113. The fraction of sp³-hybridized carbons (Fsp3) is 0.817. The molecule has 145 heavy (non-hydrogen) atoms. The van der Waals surface area contributed by atoms with Gasteiger partial charge in [-0.3, -0.25) is 0 Å². The van der Waals surface area contributed by atoms with Crippen LogP contribution in [-0.4, -0.2) is 286 Å². The first-order valence-electron chi connectivity index (χ1n) is 49.8. The van der Waals surface area contributed by atoms with Crippen molar-refractivity contribution in [2.24, 2.45) is 0 Å². The minimum absolute atomic E-state index is 0. The Morgan fingerprint density at radius 3 is 0.524 bits per heavy atom. The van der Waals surface area contributed by atoms with Gasteiger partial charge in [0.2, 0.25) is 0 Å². The van der Waals surface area contributed by atoms with E-state index in [1.165, 1.54) is 0 Å². The maximum atomic E-state index is 13.0. The fourth-order valence-corrected chi connectivity index (χ4v) is 156. The highest BCUT2D eigenvalue weighted by Crippen LogP contribution is 2.45. The zero-order valence-electron chi connectivity index (χ0n) is 98.0. The molecule has 850 valence electrons. The van der Waals surface area contributed by atoms with Gasteiger partial charge in [-0.15, -0.1) is 0 Å². The molecule has 0 aromatic carbocycles. The van der Waals surface area contributed by atoms with Gasteiger partial charge in [-0.1, -0.05) is 40.3 Å². The molecule has 2 aliphatic heterocycles. The van der Waals surface area contributed by atoms with E-state index in [1.54, 1.807) is 47.7 Å². The summed E-state index contributed by atoms with van der Waals surface area (Å²) in [5, 5.41) is 0. The number of carbonyl (C=O) groups excluding carboxylic acids is 5. The van der Waals surface area contributed by atoms with E-state index in [4.69, 9.17) is 135 Å². The first-order chi connectivity index (χ1) is 63.7. The van der Waals surface area contributed by atoms with E-state index in [9.17, 15) is 24.0 Å². The van der Waals surface area contributed by atoms with E-state index in [1.807, 2.05) is 216 Å². The highest BCUT2D eigenvalue weighted by molar-refractivity contribution is 7.00. The van der Waals surface area contributed by atoms with Crippen molar-refractivity contribution in [1.29, 1.82) is 0 Å². The molecule has 2 heterocycles. The van der Waals surface area contributed by atoms with Crippen LogP contribution in [0.3, 0.4) is 0 Å². The molecule has 2 rings (SSSR count). The van der Waals surface area contributed by atoms with Crippen molar-refractivity contribution in [2.45, 2.75) is 405 Å². The third-order valence-electron chi connectivity index (χ3n) is 19.4. The molecule has 2 saturated heterocycles. The predicted octanol–water partition coefficient (Wildman–Crippen LogP) is 22.9. The van der Waals surface area contributed by atoms with Crippen LogP contribution >= 0.6 is 0 Å². The van der Waals surface area contributed by atoms with Crippen LogP contribution in [0, 0.1) is 0 Å².